The van der Waals surface area contributed by atoms with E-state index < -0.39 is 4.92 Å². The highest BCUT2D eigenvalue weighted by Crippen LogP contribution is 2.42. The van der Waals surface area contributed by atoms with Crippen molar-refractivity contribution in [3.63, 3.8) is 0 Å². The van der Waals surface area contributed by atoms with E-state index in [1.54, 1.807) is 18.3 Å². The van der Waals surface area contributed by atoms with Crippen LogP contribution in [0.1, 0.15) is 58.2 Å². The van der Waals surface area contributed by atoms with Crippen LogP contribution in [0, 0.1) is 10.1 Å². The maximum absolute atomic E-state index is 11.1. The number of nitro groups is 1. The van der Waals surface area contributed by atoms with Crippen LogP contribution >= 0.6 is 0 Å². The molecule has 2 aromatic heterocycles. The number of non-ortho nitro benzene ring substituents is 1. The summed E-state index contributed by atoms with van der Waals surface area (Å²) in [5.41, 5.74) is 4.64. The Balaban J connectivity index is 1.88. The van der Waals surface area contributed by atoms with E-state index in [0.29, 0.717) is 12.3 Å². The Kier molecular flexibility index (Phi) is 5.67. The number of rotatable bonds is 4. The number of hydrogen-bond donors (Lipinski definition) is 1. The van der Waals surface area contributed by atoms with E-state index in [1.165, 1.54) is 12.1 Å². The van der Waals surface area contributed by atoms with E-state index in [1.807, 2.05) is 28.9 Å². The first kappa shape index (κ1) is 23.4. The fourth-order valence-electron chi connectivity index (χ4n) is 4.14. The highest BCUT2D eigenvalue weighted by Gasteiger charge is 2.28. The van der Waals surface area contributed by atoms with Gasteiger partial charge in [-0.2, -0.15) is 5.10 Å². The molecule has 0 aliphatic carbocycles. The molecular formula is C27H30N4O3. The molecule has 4 aromatic rings. The number of fused-ring (bicyclic) bond motifs is 1. The number of nitrogens with zero attached hydrogens (tertiary/aromatic N) is 4. The Morgan fingerprint density at radius 2 is 1.56 bits per heavy atom. The van der Waals surface area contributed by atoms with Gasteiger partial charge in [0.1, 0.15) is 11.4 Å². The molecule has 2 aromatic carbocycles. The lowest BCUT2D eigenvalue weighted by atomic mass is 9.78. The minimum Gasteiger partial charge on any atom is -0.507 e. The molecule has 0 amide bonds. The van der Waals surface area contributed by atoms with Gasteiger partial charge < -0.3 is 5.11 Å². The average Bonchev–Trinajstić information content (AvgIpc) is 3.11. The molecular weight excluding hydrogens is 428 g/mol. The molecule has 7 nitrogen and oxygen atoms in total. The van der Waals surface area contributed by atoms with E-state index in [2.05, 4.69) is 46.5 Å². The Labute approximate surface area is 199 Å². The third kappa shape index (κ3) is 4.38. The van der Waals surface area contributed by atoms with Crippen molar-refractivity contribution in [2.45, 2.75) is 58.9 Å². The summed E-state index contributed by atoms with van der Waals surface area (Å²) in [6.07, 6.45) is 1.73. The molecule has 0 atom stereocenters. The second-order valence-corrected chi connectivity index (χ2v) is 10.7. The molecule has 0 fully saturated rings. The van der Waals surface area contributed by atoms with Gasteiger partial charge in [-0.1, -0.05) is 53.7 Å². The number of hydrogen-bond acceptors (Lipinski definition) is 5. The standard InChI is InChI=1S/C27H30N4O3/c1-26(2,3)21-14-18(15-22(24(21)32)27(4,5)6)23-20-8-7-13-28-25(20)30(29-23)16-17-9-11-19(12-10-17)31(33)34/h7-15,32H,16H2,1-6H3. The summed E-state index contributed by atoms with van der Waals surface area (Å²) in [5, 5.41) is 27.9. The van der Waals surface area contributed by atoms with Crippen molar-refractivity contribution in [2.75, 3.05) is 0 Å². The van der Waals surface area contributed by atoms with Gasteiger partial charge in [-0.15, -0.1) is 0 Å². The van der Waals surface area contributed by atoms with Gasteiger partial charge in [-0.05, 0) is 40.7 Å². The van der Waals surface area contributed by atoms with Crippen LogP contribution in [0.25, 0.3) is 22.3 Å². The quantitative estimate of drug-likeness (QED) is 0.284. The van der Waals surface area contributed by atoms with Gasteiger partial charge in [0.2, 0.25) is 0 Å². The molecule has 0 aliphatic rings. The Morgan fingerprint density at radius 1 is 0.971 bits per heavy atom. The smallest absolute Gasteiger partial charge is 0.269 e. The van der Waals surface area contributed by atoms with E-state index in [-0.39, 0.29) is 16.5 Å². The fraction of sp³-hybridized carbons (Fsp3) is 0.333. The van der Waals surface area contributed by atoms with Crippen LogP contribution in [0.2, 0.25) is 0 Å². The normalized spacial score (nSPS) is 12.3. The van der Waals surface area contributed by atoms with Crippen LogP contribution in [0.5, 0.6) is 5.75 Å². The SMILES string of the molecule is CC(C)(C)c1cc(-c2nn(Cc3ccc([N+](=O)[O-])cc3)c3ncccc23)cc(C(C)(C)C)c1O. The third-order valence-electron chi connectivity index (χ3n) is 5.99. The van der Waals surface area contributed by atoms with Crippen molar-refractivity contribution in [1.82, 2.24) is 14.8 Å². The van der Waals surface area contributed by atoms with Crippen molar-refractivity contribution in [1.29, 1.82) is 0 Å². The van der Waals surface area contributed by atoms with Gasteiger partial charge in [-0.25, -0.2) is 9.67 Å². The topological polar surface area (TPSA) is 94.1 Å². The van der Waals surface area contributed by atoms with Gasteiger partial charge in [-0.3, -0.25) is 10.1 Å². The molecule has 7 heteroatoms. The molecule has 0 saturated heterocycles. The van der Waals surface area contributed by atoms with Crippen molar-refractivity contribution in [3.05, 3.63) is 81.5 Å². The molecule has 0 saturated carbocycles. The maximum atomic E-state index is 11.1. The molecule has 0 unspecified atom stereocenters. The summed E-state index contributed by atoms with van der Waals surface area (Å²) in [5.74, 6) is 0.330. The lowest BCUT2D eigenvalue weighted by Gasteiger charge is -2.28. The molecule has 0 aliphatic heterocycles. The van der Waals surface area contributed by atoms with Crippen molar-refractivity contribution < 1.29 is 10.0 Å². The number of pyridine rings is 1. The zero-order valence-corrected chi connectivity index (χ0v) is 20.5. The monoisotopic (exact) mass is 458 g/mol. The minimum atomic E-state index is -0.406. The lowest BCUT2D eigenvalue weighted by molar-refractivity contribution is -0.384. The largest absolute Gasteiger partial charge is 0.507 e. The van der Waals surface area contributed by atoms with E-state index in [0.717, 1.165) is 39.0 Å². The van der Waals surface area contributed by atoms with E-state index in [9.17, 15) is 15.2 Å². The van der Waals surface area contributed by atoms with E-state index in [4.69, 9.17) is 5.10 Å². The highest BCUT2D eigenvalue weighted by molar-refractivity contribution is 5.91. The zero-order valence-electron chi connectivity index (χ0n) is 20.5. The number of aromatic nitrogens is 3. The molecule has 4 rings (SSSR count). The summed E-state index contributed by atoms with van der Waals surface area (Å²) in [7, 11) is 0. The average molecular weight is 459 g/mol. The van der Waals surface area contributed by atoms with Gasteiger partial charge in [0, 0.05) is 40.4 Å². The molecule has 176 valence electrons. The minimum absolute atomic E-state index is 0.0569. The predicted octanol–water partition coefficient (Wildman–Crippen LogP) is 6.36. The first-order valence-corrected chi connectivity index (χ1v) is 11.3. The molecule has 0 spiro atoms. The summed E-state index contributed by atoms with van der Waals surface area (Å²) in [6, 6.07) is 14.4. The third-order valence-corrected chi connectivity index (χ3v) is 5.99. The predicted molar refractivity (Wildman–Crippen MR) is 134 cm³/mol. The van der Waals surface area contributed by atoms with Gasteiger partial charge in [0.05, 0.1) is 11.5 Å². The van der Waals surface area contributed by atoms with E-state index >= 15 is 0 Å². The van der Waals surface area contributed by atoms with Crippen LogP contribution in [0.3, 0.4) is 0 Å². The number of aromatic hydroxyl groups is 1. The Morgan fingerprint density at radius 3 is 2.09 bits per heavy atom. The summed E-state index contributed by atoms with van der Waals surface area (Å²) < 4.78 is 1.83. The number of phenolic OH excluding ortho intramolecular Hbond substituents is 1. The van der Waals surface area contributed by atoms with Gasteiger partial charge >= 0.3 is 0 Å². The van der Waals surface area contributed by atoms with Crippen LogP contribution in [-0.4, -0.2) is 24.8 Å². The molecule has 0 bridgehead atoms. The molecule has 1 N–H and O–H groups in total. The first-order valence-electron chi connectivity index (χ1n) is 11.3. The summed E-state index contributed by atoms with van der Waals surface area (Å²) in [6.45, 7) is 13.0. The Bertz CT molecular complexity index is 1340. The molecule has 0 radical (unpaired) electrons. The summed E-state index contributed by atoms with van der Waals surface area (Å²) >= 11 is 0. The zero-order chi connectivity index (χ0) is 24.8. The number of benzene rings is 2. The van der Waals surface area contributed by atoms with Gasteiger partial charge in [0.15, 0.2) is 5.65 Å². The molecule has 2 heterocycles. The number of phenols is 1. The fourth-order valence-corrected chi connectivity index (χ4v) is 4.14. The lowest BCUT2D eigenvalue weighted by Crippen LogP contribution is -2.17. The maximum Gasteiger partial charge on any atom is 0.269 e. The van der Waals surface area contributed by atoms with Crippen molar-refractivity contribution >= 4 is 16.7 Å². The molecule has 34 heavy (non-hydrogen) atoms. The van der Waals surface area contributed by atoms with Crippen molar-refractivity contribution in [2.24, 2.45) is 0 Å². The van der Waals surface area contributed by atoms with Crippen molar-refractivity contribution in [3.8, 4) is 17.0 Å². The van der Waals surface area contributed by atoms with Gasteiger partial charge in [0.25, 0.3) is 5.69 Å². The summed E-state index contributed by atoms with van der Waals surface area (Å²) in [4.78, 5) is 15.2. The first-order chi connectivity index (χ1) is 15.9. The highest BCUT2D eigenvalue weighted by atomic mass is 16.6. The van der Waals surface area contributed by atoms with Crippen LogP contribution < -0.4 is 0 Å². The second kappa shape index (κ2) is 8.24. The van der Waals surface area contributed by atoms with Crippen LogP contribution in [0.15, 0.2) is 54.7 Å². The second-order valence-electron chi connectivity index (χ2n) is 10.7. The number of nitro benzene ring substituents is 1. The van der Waals surface area contributed by atoms with Crippen LogP contribution in [0.4, 0.5) is 5.69 Å². The Hall–Kier alpha value is -3.74. The van der Waals surface area contributed by atoms with Crippen LogP contribution in [-0.2, 0) is 17.4 Å².